The molecule has 124 valence electrons. The van der Waals surface area contributed by atoms with Crippen molar-refractivity contribution < 1.29 is 4.79 Å². The predicted molar refractivity (Wildman–Crippen MR) is 95.8 cm³/mol. The molecule has 0 aromatic heterocycles. The Morgan fingerprint density at radius 1 is 0.958 bits per heavy atom. The van der Waals surface area contributed by atoms with E-state index in [1.54, 1.807) is 0 Å². The Morgan fingerprint density at radius 2 is 1.75 bits per heavy atom. The molecule has 2 aromatic rings. The van der Waals surface area contributed by atoms with Gasteiger partial charge >= 0.3 is 0 Å². The number of amides is 1. The number of carbonyl (C=O) groups excluding carboxylic acids is 1. The molecule has 0 bridgehead atoms. The van der Waals surface area contributed by atoms with Crippen LogP contribution in [0.25, 0.3) is 0 Å². The number of rotatable bonds is 3. The van der Waals surface area contributed by atoms with Crippen molar-refractivity contribution in [2.75, 3.05) is 26.2 Å². The van der Waals surface area contributed by atoms with Crippen LogP contribution < -0.4 is 0 Å². The third-order valence-corrected chi connectivity index (χ3v) is 5.40. The van der Waals surface area contributed by atoms with Crippen LogP contribution in [0, 0.1) is 0 Å². The van der Waals surface area contributed by atoms with Crippen molar-refractivity contribution in [1.82, 2.24) is 9.80 Å². The number of hydrogen-bond donors (Lipinski definition) is 0. The highest BCUT2D eigenvalue weighted by atomic mass is 16.2. The van der Waals surface area contributed by atoms with Crippen molar-refractivity contribution in [3.05, 3.63) is 71.3 Å². The van der Waals surface area contributed by atoms with Crippen LogP contribution in [0.4, 0.5) is 0 Å². The molecule has 1 saturated heterocycles. The molecule has 1 amide bonds. The van der Waals surface area contributed by atoms with Crippen molar-refractivity contribution in [1.29, 1.82) is 0 Å². The Bertz CT molecular complexity index is 713. The average molecular weight is 320 g/mol. The summed E-state index contributed by atoms with van der Waals surface area (Å²) in [7, 11) is 0. The third kappa shape index (κ3) is 3.09. The smallest absolute Gasteiger partial charge is 0.223 e. The van der Waals surface area contributed by atoms with Crippen LogP contribution in [0.5, 0.6) is 0 Å². The lowest BCUT2D eigenvalue weighted by atomic mass is 9.91. The van der Waals surface area contributed by atoms with Crippen LogP contribution >= 0.6 is 0 Å². The van der Waals surface area contributed by atoms with Gasteiger partial charge < -0.3 is 4.90 Å². The van der Waals surface area contributed by atoms with E-state index in [-0.39, 0.29) is 0 Å². The number of hydrogen-bond acceptors (Lipinski definition) is 2. The Kier molecular flexibility index (Phi) is 4.35. The Balaban J connectivity index is 1.42. The molecule has 3 nitrogen and oxygen atoms in total. The van der Waals surface area contributed by atoms with E-state index in [1.807, 2.05) is 18.2 Å². The molecule has 2 aliphatic rings. The van der Waals surface area contributed by atoms with Gasteiger partial charge in [-0.2, -0.15) is 0 Å². The molecule has 0 radical (unpaired) electrons. The number of carbonyl (C=O) groups is 1. The monoisotopic (exact) mass is 320 g/mol. The molecule has 0 saturated carbocycles. The van der Waals surface area contributed by atoms with Crippen molar-refractivity contribution in [2.45, 2.75) is 25.3 Å². The van der Waals surface area contributed by atoms with Crippen molar-refractivity contribution >= 4 is 5.91 Å². The van der Waals surface area contributed by atoms with Gasteiger partial charge in [-0.25, -0.2) is 0 Å². The van der Waals surface area contributed by atoms with Crippen LogP contribution in [-0.4, -0.2) is 41.9 Å². The first-order valence-corrected chi connectivity index (χ1v) is 8.95. The standard InChI is InChI=1S/C21H24N2O/c24-21(11-10-17-6-2-1-3-7-17)23-15-14-22-13-12-18-8-4-5-9-19(18)20(22)16-23/h1-9,20H,10-16H2. The minimum Gasteiger partial charge on any atom is -0.339 e. The topological polar surface area (TPSA) is 23.6 Å². The van der Waals surface area contributed by atoms with Gasteiger partial charge in [0.1, 0.15) is 0 Å². The van der Waals surface area contributed by atoms with Gasteiger partial charge in [0.05, 0.1) is 6.04 Å². The second-order valence-electron chi connectivity index (χ2n) is 6.83. The minimum atomic E-state index is 0.293. The molecule has 24 heavy (non-hydrogen) atoms. The highest BCUT2D eigenvalue weighted by Crippen LogP contribution is 2.32. The maximum absolute atomic E-state index is 12.7. The maximum atomic E-state index is 12.7. The highest BCUT2D eigenvalue weighted by molar-refractivity contribution is 5.76. The fraction of sp³-hybridized carbons (Fsp3) is 0.381. The van der Waals surface area contributed by atoms with Crippen LogP contribution in [0.2, 0.25) is 0 Å². The van der Waals surface area contributed by atoms with Gasteiger partial charge in [0.25, 0.3) is 0 Å². The first-order chi connectivity index (χ1) is 11.8. The van der Waals surface area contributed by atoms with Crippen molar-refractivity contribution in [3.8, 4) is 0 Å². The van der Waals surface area contributed by atoms with E-state index < -0.39 is 0 Å². The Labute approximate surface area is 143 Å². The summed E-state index contributed by atoms with van der Waals surface area (Å²) in [5, 5.41) is 0. The molecule has 3 heteroatoms. The molecule has 4 rings (SSSR count). The lowest BCUT2D eigenvalue weighted by molar-refractivity contribution is -0.134. The van der Waals surface area contributed by atoms with Gasteiger partial charge in [-0.05, 0) is 29.5 Å². The maximum Gasteiger partial charge on any atom is 0.223 e. The zero-order chi connectivity index (χ0) is 16.4. The summed E-state index contributed by atoms with van der Waals surface area (Å²) in [5.74, 6) is 0.293. The zero-order valence-corrected chi connectivity index (χ0v) is 14.0. The first kappa shape index (κ1) is 15.4. The van der Waals surface area contributed by atoms with E-state index >= 15 is 0 Å². The average Bonchev–Trinajstić information content (AvgIpc) is 2.66. The van der Waals surface area contributed by atoms with Crippen molar-refractivity contribution in [2.24, 2.45) is 0 Å². The molecule has 1 unspecified atom stereocenters. The summed E-state index contributed by atoms with van der Waals surface area (Å²) in [5.41, 5.74) is 4.12. The van der Waals surface area contributed by atoms with Gasteiger partial charge in [0.15, 0.2) is 0 Å². The molecule has 1 atom stereocenters. The van der Waals surface area contributed by atoms with Crippen LogP contribution in [0.15, 0.2) is 54.6 Å². The SMILES string of the molecule is O=C(CCc1ccccc1)N1CCN2CCc3ccccc3C2C1. The number of fused-ring (bicyclic) bond motifs is 3. The lowest BCUT2D eigenvalue weighted by Crippen LogP contribution is -2.52. The molecule has 2 heterocycles. The normalized spacial score (nSPS) is 20.3. The third-order valence-electron chi connectivity index (χ3n) is 5.40. The quantitative estimate of drug-likeness (QED) is 0.868. The second kappa shape index (κ2) is 6.78. The number of piperazine rings is 1. The molecule has 1 fully saturated rings. The lowest BCUT2D eigenvalue weighted by Gasteiger charge is -2.45. The van der Waals surface area contributed by atoms with Crippen LogP contribution in [0.3, 0.4) is 0 Å². The molecule has 0 spiro atoms. The second-order valence-corrected chi connectivity index (χ2v) is 6.83. The zero-order valence-electron chi connectivity index (χ0n) is 14.0. The highest BCUT2D eigenvalue weighted by Gasteiger charge is 2.33. The first-order valence-electron chi connectivity index (χ1n) is 8.95. The Morgan fingerprint density at radius 3 is 2.62 bits per heavy atom. The fourth-order valence-electron chi connectivity index (χ4n) is 4.01. The summed E-state index contributed by atoms with van der Waals surface area (Å²) in [6.45, 7) is 3.82. The molecular formula is C21H24N2O. The van der Waals surface area contributed by atoms with Gasteiger partial charge in [-0.3, -0.25) is 9.69 Å². The minimum absolute atomic E-state index is 0.293. The predicted octanol–water partition coefficient (Wildman–Crippen LogP) is 3.06. The van der Waals surface area contributed by atoms with E-state index in [4.69, 9.17) is 0 Å². The summed E-state index contributed by atoms with van der Waals surface area (Å²) in [6.07, 6.45) is 2.58. The fourth-order valence-corrected chi connectivity index (χ4v) is 4.01. The molecule has 0 N–H and O–H groups in total. The Hall–Kier alpha value is -2.13. The van der Waals surface area contributed by atoms with E-state index in [9.17, 15) is 4.79 Å². The van der Waals surface area contributed by atoms with Gasteiger partial charge in [-0.15, -0.1) is 0 Å². The van der Waals surface area contributed by atoms with Gasteiger partial charge in [0.2, 0.25) is 5.91 Å². The van der Waals surface area contributed by atoms with Crippen molar-refractivity contribution in [3.63, 3.8) is 0 Å². The van der Waals surface area contributed by atoms with Crippen LogP contribution in [0.1, 0.15) is 29.2 Å². The summed E-state index contributed by atoms with van der Waals surface area (Å²) in [6, 6.07) is 19.4. The molecule has 2 aliphatic heterocycles. The van der Waals surface area contributed by atoms with E-state index in [2.05, 4.69) is 46.2 Å². The molecule has 2 aromatic carbocycles. The number of aryl methyl sites for hydroxylation is 1. The molecular weight excluding hydrogens is 296 g/mol. The van der Waals surface area contributed by atoms with E-state index in [1.165, 1.54) is 16.7 Å². The van der Waals surface area contributed by atoms with Crippen LogP contribution in [-0.2, 0) is 17.6 Å². The number of benzene rings is 2. The summed E-state index contributed by atoms with van der Waals surface area (Å²) < 4.78 is 0. The van der Waals surface area contributed by atoms with Gasteiger partial charge in [-0.1, -0.05) is 54.6 Å². The van der Waals surface area contributed by atoms with E-state index in [0.29, 0.717) is 18.4 Å². The summed E-state index contributed by atoms with van der Waals surface area (Å²) in [4.78, 5) is 17.3. The number of nitrogens with zero attached hydrogens (tertiary/aromatic N) is 2. The van der Waals surface area contributed by atoms with E-state index in [0.717, 1.165) is 39.0 Å². The van der Waals surface area contributed by atoms with Gasteiger partial charge in [0, 0.05) is 32.6 Å². The summed E-state index contributed by atoms with van der Waals surface area (Å²) >= 11 is 0. The largest absolute Gasteiger partial charge is 0.339 e. The molecule has 0 aliphatic carbocycles.